The molecule has 3 aromatic rings. The number of fused-ring (bicyclic) bond motifs is 2. The van der Waals surface area contributed by atoms with Gasteiger partial charge in [-0.05, 0) is 43.2 Å². The second kappa shape index (κ2) is 6.09. The monoisotopic (exact) mass is 370 g/mol. The summed E-state index contributed by atoms with van der Waals surface area (Å²) in [6.07, 6.45) is 3.61. The predicted molar refractivity (Wildman–Crippen MR) is 111 cm³/mol. The van der Waals surface area contributed by atoms with E-state index in [0.717, 1.165) is 33.8 Å². The first-order valence-electron chi connectivity index (χ1n) is 9.51. The summed E-state index contributed by atoms with van der Waals surface area (Å²) in [6, 6.07) is 18.3. The third-order valence-electron chi connectivity index (χ3n) is 5.68. The lowest BCUT2D eigenvalue weighted by Gasteiger charge is -2.20. The Labute approximate surface area is 164 Å². The van der Waals surface area contributed by atoms with Crippen LogP contribution in [-0.2, 0) is 16.8 Å². The van der Waals surface area contributed by atoms with E-state index in [0.29, 0.717) is 6.54 Å². The van der Waals surface area contributed by atoms with Crippen molar-refractivity contribution in [3.05, 3.63) is 83.7 Å². The Kier molecular flexibility index (Phi) is 3.66. The van der Waals surface area contributed by atoms with Crippen LogP contribution in [0.2, 0.25) is 0 Å². The molecule has 3 heterocycles. The van der Waals surface area contributed by atoms with Gasteiger partial charge in [-0.15, -0.1) is 0 Å². The molecule has 1 atom stereocenters. The number of carbonyl (C=O) groups is 1. The fourth-order valence-electron chi connectivity index (χ4n) is 4.10. The number of carbonyl (C=O) groups excluding carboxylic acids is 1. The van der Waals surface area contributed by atoms with Crippen molar-refractivity contribution in [1.82, 2.24) is 4.98 Å². The van der Waals surface area contributed by atoms with Crippen LogP contribution in [0.25, 0.3) is 0 Å². The molecule has 0 spiro atoms. The maximum Gasteiger partial charge on any atom is 0.237 e. The van der Waals surface area contributed by atoms with E-state index in [4.69, 9.17) is 0 Å². The molecule has 2 aliphatic rings. The van der Waals surface area contributed by atoms with Gasteiger partial charge >= 0.3 is 0 Å². The molecule has 5 rings (SSSR count). The lowest BCUT2D eigenvalue weighted by atomic mass is 9.86. The Morgan fingerprint density at radius 2 is 1.79 bits per heavy atom. The number of rotatable bonds is 3. The standard InChI is InChI=1S/C23H22N4O/c1-23(2)17-11-18-19(26-21(25-18)16-9-6-10-24-13-16)12-20(17)27(22(23)28)14-15-7-4-3-5-8-15/h3-13,21,25-26H,14H2,1-2H3. The highest BCUT2D eigenvalue weighted by Gasteiger charge is 2.45. The molecular formula is C23H22N4O. The van der Waals surface area contributed by atoms with E-state index in [-0.39, 0.29) is 12.1 Å². The van der Waals surface area contributed by atoms with Gasteiger partial charge in [0, 0.05) is 18.0 Å². The molecule has 5 nitrogen and oxygen atoms in total. The summed E-state index contributed by atoms with van der Waals surface area (Å²) in [5.74, 6) is 0.138. The van der Waals surface area contributed by atoms with Gasteiger partial charge in [0.2, 0.25) is 5.91 Å². The van der Waals surface area contributed by atoms with E-state index in [9.17, 15) is 4.79 Å². The summed E-state index contributed by atoms with van der Waals surface area (Å²) in [5, 5.41) is 7.03. The van der Waals surface area contributed by atoms with Crippen LogP contribution in [0.1, 0.15) is 36.7 Å². The molecule has 0 aliphatic carbocycles. The molecule has 5 heteroatoms. The zero-order valence-electron chi connectivity index (χ0n) is 15.9. The van der Waals surface area contributed by atoms with Crippen LogP contribution >= 0.6 is 0 Å². The van der Waals surface area contributed by atoms with Crippen LogP contribution in [0.15, 0.2) is 67.0 Å². The van der Waals surface area contributed by atoms with Gasteiger partial charge in [0.25, 0.3) is 0 Å². The highest BCUT2D eigenvalue weighted by atomic mass is 16.2. The summed E-state index contributed by atoms with van der Waals surface area (Å²) in [4.78, 5) is 19.3. The number of amides is 1. The molecule has 2 aromatic carbocycles. The molecule has 1 unspecified atom stereocenters. The van der Waals surface area contributed by atoms with Crippen LogP contribution in [0.3, 0.4) is 0 Å². The Balaban J connectivity index is 1.52. The lowest BCUT2D eigenvalue weighted by molar-refractivity contribution is -0.122. The van der Waals surface area contributed by atoms with Crippen LogP contribution in [0, 0.1) is 0 Å². The normalized spacial score (nSPS) is 19.0. The fourth-order valence-corrected chi connectivity index (χ4v) is 4.10. The maximum absolute atomic E-state index is 13.2. The molecule has 1 amide bonds. The Bertz CT molecular complexity index is 1050. The summed E-state index contributed by atoms with van der Waals surface area (Å²) in [7, 11) is 0. The number of hydrogen-bond donors (Lipinski definition) is 2. The highest BCUT2D eigenvalue weighted by molar-refractivity contribution is 6.09. The van der Waals surface area contributed by atoms with Crippen molar-refractivity contribution >= 4 is 23.0 Å². The average molecular weight is 370 g/mol. The van der Waals surface area contributed by atoms with Crippen LogP contribution in [0.5, 0.6) is 0 Å². The van der Waals surface area contributed by atoms with Crippen molar-refractivity contribution in [3.63, 3.8) is 0 Å². The minimum absolute atomic E-state index is 0.0207. The first-order valence-corrected chi connectivity index (χ1v) is 9.51. The Morgan fingerprint density at radius 1 is 1.04 bits per heavy atom. The van der Waals surface area contributed by atoms with Gasteiger partial charge in [-0.1, -0.05) is 36.4 Å². The van der Waals surface area contributed by atoms with Crippen molar-refractivity contribution in [2.45, 2.75) is 32.0 Å². The number of hydrogen-bond acceptors (Lipinski definition) is 4. The quantitative estimate of drug-likeness (QED) is 0.716. The molecule has 0 bridgehead atoms. The van der Waals surface area contributed by atoms with Crippen molar-refractivity contribution in [3.8, 4) is 0 Å². The highest BCUT2D eigenvalue weighted by Crippen LogP contribution is 2.48. The summed E-state index contributed by atoms with van der Waals surface area (Å²) in [6.45, 7) is 4.59. The molecule has 0 saturated carbocycles. The van der Waals surface area contributed by atoms with Crippen molar-refractivity contribution in [2.75, 3.05) is 15.5 Å². The number of nitrogens with one attached hydrogen (secondary N) is 2. The minimum Gasteiger partial charge on any atom is -0.360 e. The average Bonchev–Trinajstić information content (AvgIpc) is 3.21. The molecule has 2 aliphatic heterocycles. The van der Waals surface area contributed by atoms with Gasteiger partial charge in [0.1, 0.15) is 6.17 Å². The third-order valence-corrected chi connectivity index (χ3v) is 5.68. The topological polar surface area (TPSA) is 57.3 Å². The molecule has 28 heavy (non-hydrogen) atoms. The van der Waals surface area contributed by atoms with Gasteiger partial charge < -0.3 is 15.5 Å². The number of pyridine rings is 1. The van der Waals surface area contributed by atoms with Crippen molar-refractivity contribution in [1.29, 1.82) is 0 Å². The first-order chi connectivity index (χ1) is 13.5. The Hall–Kier alpha value is -3.34. The van der Waals surface area contributed by atoms with Gasteiger partial charge in [-0.3, -0.25) is 9.78 Å². The first kappa shape index (κ1) is 16.8. The van der Waals surface area contributed by atoms with Crippen molar-refractivity contribution in [2.24, 2.45) is 0 Å². The number of benzene rings is 2. The van der Waals surface area contributed by atoms with Crippen LogP contribution < -0.4 is 15.5 Å². The molecule has 0 saturated heterocycles. The largest absolute Gasteiger partial charge is 0.360 e. The molecule has 140 valence electrons. The second-order valence-electron chi connectivity index (χ2n) is 7.92. The summed E-state index contributed by atoms with van der Waals surface area (Å²) >= 11 is 0. The lowest BCUT2D eigenvalue weighted by Crippen LogP contribution is -2.35. The SMILES string of the molecule is CC1(C)C(=O)N(Cc2ccccc2)c2cc3c(cc21)NC(c1cccnc1)N3. The third kappa shape index (κ3) is 2.54. The van der Waals surface area contributed by atoms with E-state index < -0.39 is 5.41 Å². The van der Waals surface area contributed by atoms with E-state index in [1.54, 1.807) is 6.20 Å². The minimum atomic E-state index is -0.548. The Morgan fingerprint density at radius 3 is 2.50 bits per heavy atom. The fraction of sp³-hybridized carbons (Fsp3) is 0.217. The van der Waals surface area contributed by atoms with E-state index in [2.05, 4.69) is 39.9 Å². The van der Waals surface area contributed by atoms with Crippen LogP contribution in [0.4, 0.5) is 17.1 Å². The van der Waals surface area contributed by atoms with Gasteiger partial charge in [0.05, 0.1) is 29.0 Å². The zero-order valence-corrected chi connectivity index (χ0v) is 15.9. The van der Waals surface area contributed by atoms with Gasteiger partial charge in [-0.25, -0.2) is 0 Å². The van der Waals surface area contributed by atoms with Crippen molar-refractivity contribution < 1.29 is 4.79 Å². The molecule has 0 radical (unpaired) electrons. The second-order valence-corrected chi connectivity index (χ2v) is 7.92. The van der Waals surface area contributed by atoms with E-state index in [1.165, 1.54) is 0 Å². The molecule has 2 N–H and O–H groups in total. The van der Waals surface area contributed by atoms with E-state index in [1.807, 2.05) is 55.3 Å². The summed E-state index contributed by atoms with van der Waals surface area (Å²) in [5.41, 5.74) is 5.74. The van der Waals surface area contributed by atoms with Crippen LogP contribution in [-0.4, -0.2) is 10.9 Å². The maximum atomic E-state index is 13.2. The molecule has 0 fully saturated rings. The molecule has 1 aromatic heterocycles. The van der Waals surface area contributed by atoms with Gasteiger partial charge in [0.15, 0.2) is 0 Å². The van der Waals surface area contributed by atoms with Gasteiger partial charge in [-0.2, -0.15) is 0 Å². The number of anilines is 3. The summed E-state index contributed by atoms with van der Waals surface area (Å²) < 4.78 is 0. The zero-order chi connectivity index (χ0) is 19.3. The smallest absolute Gasteiger partial charge is 0.237 e. The number of aromatic nitrogens is 1. The van der Waals surface area contributed by atoms with E-state index >= 15 is 0 Å². The number of nitrogens with zero attached hydrogens (tertiary/aromatic N) is 2. The molecular weight excluding hydrogens is 348 g/mol. The predicted octanol–water partition coefficient (Wildman–Crippen LogP) is 4.44.